The summed E-state index contributed by atoms with van der Waals surface area (Å²) >= 11 is 0. The first kappa shape index (κ1) is 12.9. The molecule has 5 nitrogen and oxygen atoms in total. The summed E-state index contributed by atoms with van der Waals surface area (Å²) in [4.78, 5) is 11.8. The van der Waals surface area contributed by atoms with Crippen molar-refractivity contribution in [1.82, 2.24) is 10.4 Å². The highest BCUT2D eigenvalue weighted by molar-refractivity contribution is 5.75. The van der Waals surface area contributed by atoms with Crippen molar-refractivity contribution in [1.29, 1.82) is 0 Å². The van der Waals surface area contributed by atoms with Crippen molar-refractivity contribution in [2.75, 3.05) is 32.0 Å². The fraction of sp³-hybridized carbons (Fsp3) is 0.462. The molecule has 1 amide bonds. The summed E-state index contributed by atoms with van der Waals surface area (Å²) < 4.78 is 5.22. The van der Waals surface area contributed by atoms with Crippen molar-refractivity contribution in [2.24, 2.45) is 0 Å². The van der Waals surface area contributed by atoms with E-state index in [0.717, 1.165) is 24.3 Å². The number of benzene rings is 1. The van der Waals surface area contributed by atoms with Crippen LogP contribution >= 0.6 is 0 Å². The summed E-state index contributed by atoms with van der Waals surface area (Å²) in [7, 11) is 0. The number of anilines is 1. The van der Waals surface area contributed by atoms with E-state index in [-0.39, 0.29) is 5.91 Å². The molecule has 18 heavy (non-hydrogen) atoms. The van der Waals surface area contributed by atoms with Crippen LogP contribution < -0.4 is 11.2 Å². The molecule has 1 fully saturated rings. The number of carbonyl (C=O) groups excluding carboxylic acids is 1. The molecule has 0 saturated carbocycles. The molecule has 1 heterocycles. The molecule has 0 unspecified atom stereocenters. The van der Waals surface area contributed by atoms with Gasteiger partial charge in [-0.25, -0.2) is 5.01 Å². The number of aryl methyl sites for hydroxylation is 1. The number of nitrogen functional groups attached to an aromatic ring is 1. The van der Waals surface area contributed by atoms with Crippen LogP contribution in [0.2, 0.25) is 0 Å². The van der Waals surface area contributed by atoms with E-state index < -0.39 is 0 Å². The Morgan fingerprint density at radius 2 is 2.06 bits per heavy atom. The number of para-hydroxylation sites is 1. The molecule has 1 saturated heterocycles. The summed E-state index contributed by atoms with van der Waals surface area (Å²) in [6.07, 6.45) is 1.12. The first-order valence-corrected chi connectivity index (χ1v) is 6.21. The molecule has 1 aromatic carbocycles. The average molecular weight is 249 g/mol. The zero-order chi connectivity index (χ0) is 12.8. The highest BCUT2D eigenvalue weighted by Gasteiger charge is 2.13. The molecule has 1 aromatic rings. The summed E-state index contributed by atoms with van der Waals surface area (Å²) in [5, 5.41) is 1.90. The zero-order valence-corrected chi connectivity index (χ0v) is 10.4. The summed E-state index contributed by atoms with van der Waals surface area (Å²) in [5.41, 5.74) is 10.5. The maximum atomic E-state index is 11.8. The van der Waals surface area contributed by atoms with Gasteiger partial charge in [-0.05, 0) is 18.1 Å². The van der Waals surface area contributed by atoms with Crippen LogP contribution in [0.1, 0.15) is 12.0 Å². The normalized spacial score (nSPS) is 16.4. The molecule has 0 aromatic heterocycles. The monoisotopic (exact) mass is 249 g/mol. The molecule has 0 bridgehead atoms. The van der Waals surface area contributed by atoms with E-state index >= 15 is 0 Å². The average Bonchev–Trinajstić information content (AvgIpc) is 2.39. The van der Waals surface area contributed by atoms with Crippen LogP contribution in [0, 0.1) is 0 Å². The van der Waals surface area contributed by atoms with Crippen LogP contribution in [0.5, 0.6) is 0 Å². The number of morpholine rings is 1. The third kappa shape index (κ3) is 3.72. The predicted molar refractivity (Wildman–Crippen MR) is 69.7 cm³/mol. The molecular weight excluding hydrogens is 230 g/mol. The summed E-state index contributed by atoms with van der Waals surface area (Å²) in [5.74, 6) is 0.0279. The number of carbonyl (C=O) groups is 1. The van der Waals surface area contributed by atoms with Gasteiger partial charge >= 0.3 is 0 Å². The van der Waals surface area contributed by atoms with Crippen molar-refractivity contribution < 1.29 is 9.53 Å². The Hall–Kier alpha value is -1.59. The number of hydrazine groups is 1. The lowest BCUT2D eigenvalue weighted by molar-refractivity contribution is -0.127. The van der Waals surface area contributed by atoms with Crippen LogP contribution in [-0.2, 0) is 16.0 Å². The molecule has 0 radical (unpaired) electrons. The molecule has 2 rings (SSSR count). The molecule has 3 N–H and O–H groups in total. The number of nitrogens with two attached hydrogens (primary N) is 1. The second-order valence-electron chi connectivity index (χ2n) is 4.33. The van der Waals surface area contributed by atoms with Crippen molar-refractivity contribution in [3.8, 4) is 0 Å². The number of rotatable bonds is 4. The van der Waals surface area contributed by atoms with Gasteiger partial charge in [-0.2, -0.15) is 0 Å². The maximum absolute atomic E-state index is 11.8. The molecule has 0 aliphatic carbocycles. The van der Waals surface area contributed by atoms with Crippen molar-refractivity contribution in [3.63, 3.8) is 0 Å². The SMILES string of the molecule is Nc1ccccc1CCC(=O)NN1CCOCC1. The van der Waals surface area contributed by atoms with Gasteiger partial charge in [-0.15, -0.1) is 0 Å². The number of amides is 1. The van der Waals surface area contributed by atoms with Crippen molar-refractivity contribution >= 4 is 11.6 Å². The van der Waals surface area contributed by atoms with Gasteiger partial charge in [0.25, 0.3) is 0 Å². The summed E-state index contributed by atoms with van der Waals surface area (Å²) in [6, 6.07) is 7.64. The quantitative estimate of drug-likeness (QED) is 0.765. The standard InChI is InChI=1S/C13H19N3O2/c14-12-4-2-1-3-11(12)5-6-13(17)15-16-7-9-18-10-8-16/h1-4H,5-10,14H2,(H,15,17). The van der Waals surface area contributed by atoms with Crippen LogP contribution in [-0.4, -0.2) is 37.2 Å². The predicted octanol–water partition coefficient (Wildman–Crippen LogP) is 0.565. The first-order chi connectivity index (χ1) is 8.75. The molecule has 0 spiro atoms. The molecule has 0 atom stereocenters. The second-order valence-corrected chi connectivity index (χ2v) is 4.33. The van der Waals surface area contributed by atoms with E-state index in [0.29, 0.717) is 26.1 Å². The lowest BCUT2D eigenvalue weighted by Crippen LogP contribution is -2.48. The molecule has 1 aliphatic rings. The number of ether oxygens (including phenoxy) is 1. The third-order valence-electron chi connectivity index (χ3n) is 2.97. The van der Waals surface area contributed by atoms with Crippen LogP contribution in [0.15, 0.2) is 24.3 Å². The molecule has 1 aliphatic heterocycles. The van der Waals surface area contributed by atoms with Gasteiger partial charge in [-0.1, -0.05) is 18.2 Å². The first-order valence-electron chi connectivity index (χ1n) is 6.21. The van der Waals surface area contributed by atoms with Gasteiger partial charge in [-0.3, -0.25) is 10.2 Å². The fourth-order valence-electron chi connectivity index (χ4n) is 1.92. The highest BCUT2D eigenvalue weighted by Crippen LogP contribution is 2.12. The Balaban J connectivity index is 1.76. The topological polar surface area (TPSA) is 67.6 Å². The minimum Gasteiger partial charge on any atom is -0.399 e. The van der Waals surface area contributed by atoms with Crippen molar-refractivity contribution in [3.05, 3.63) is 29.8 Å². The Morgan fingerprint density at radius 1 is 1.33 bits per heavy atom. The van der Waals surface area contributed by atoms with E-state index in [1.54, 1.807) is 0 Å². The lowest BCUT2D eigenvalue weighted by Gasteiger charge is -2.26. The number of nitrogens with zero attached hydrogens (tertiary/aromatic N) is 1. The third-order valence-corrected chi connectivity index (χ3v) is 2.97. The lowest BCUT2D eigenvalue weighted by atomic mass is 10.1. The van der Waals surface area contributed by atoms with Gasteiger partial charge < -0.3 is 10.5 Å². The van der Waals surface area contributed by atoms with E-state index in [2.05, 4.69) is 5.43 Å². The van der Waals surface area contributed by atoms with Crippen LogP contribution in [0.3, 0.4) is 0 Å². The zero-order valence-electron chi connectivity index (χ0n) is 10.4. The Bertz CT molecular complexity index is 403. The van der Waals surface area contributed by atoms with Gasteiger partial charge in [0, 0.05) is 25.2 Å². The smallest absolute Gasteiger partial charge is 0.234 e. The van der Waals surface area contributed by atoms with E-state index in [9.17, 15) is 4.79 Å². The van der Waals surface area contributed by atoms with Gasteiger partial charge in [0.2, 0.25) is 5.91 Å². The van der Waals surface area contributed by atoms with E-state index in [4.69, 9.17) is 10.5 Å². The number of nitrogens with one attached hydrogen (secondary N) is 1. The Labute approximate surface area is 107 Å². The van der Waals surface area contributed by atoms with E-state index in [1.807, 2.05) is 29.3 Å². The van der Waals surface area contributed by atoms with Crippen LogP contribution in [0.4, 0.5) is 5.69 Å². The molecular formula is C13H19N3O2. The highest BCUT2D eigenvalue weighted by atomic mass is 16.5. The van der Waals surface area contributed by atoms with Gasteiger partial charge in [0.05, 0.1) is 13.2 Å². The largest absolute Gasteiger partial charge is 0.399 e. The second kappa shape index (κ2) is 6.37. The van der Waals surface area contributed by atoms with Crippen molar-refractivity contribution in [2.45, 2.75) is 12.8 Å². The summed E-state index contributed by atoms with van der Waals surface area (Å²) in [6.45, 7) is 2.84. The number of hydrogen-bond acceptors (Lipinski definition) is 4. The Morgan fingerprint density at radius 3 is 2.78 bits per heavy atom. The van der Waals surface area contributed by atoms with Crippen LogP contribution in [0.25, 0.3) is 0 Å². The number of hydrogen-bond donors (Lipinski definition) is 2. The fourth-order valence-corrected chi connectivity index (χ4v) is 1.92. The van der Waals surface area contributed by atoms with E-state index in [1.165, 1.54) is 0 Å². The minimum absolute atomic E-state index is 0.0279. The van der Waals surface area contributed by atoms with Gasteiger partial charge in [0.15, 0.2) is 0 Å². The maximum Gasteiger partial charge on any atom is 0.234 e. The minimum atomic E-state index is 0.0279. The van der Waals surface area contributed by atoms with Gasteiger partial charge in [0.1, 0.15) is 0 Å². The Kier molecular flexibility index (Phi) is 4.55. The molecule has 5 heteroatoms. The molecule has 98 valence electrons.